The van der Waals surface area contributed by atoms with Gasteiger partial charge in [0.2, 0.25) is 5.91 Å². The van der Waals surface area contributed by atoms with Crippen molar-refractivity contribution in [1.82, 2.24) is 14.9 Å². The minimum absolute atomic E-state index is 0.247. The Morgan fingerprint density at radius 1 is 1.03 bits per heavy atom. The molecule has 1 aliphatic rings. The maximum absolute atomic E-state index is 11.7. The van der Waals surface area contributed by atoms with Crippen LogP contribution >= 0.6 is 0 Å². The lowest BCUT2D eigenvalue weighted by atomic mass is 10.2. The summed E-state index contributed by atoms with van der Waals surface area (Å²) < 4.78 is 2.32. The first-order valence-electron chi connectivity index (χ1n) is 10.7. The highest BCUT2D eigenvalue weighted by Gasteiger charge is 2.28. The van der Waals surface area contributed by atoms with Crippen LogP contribution in [0, 0.1) is 5.92 Å². The molecule has 4 rings (SSSR count). The molecule has 1 saturated carbocycles. The van der Waals surface area contributed by atoms with Gasteiger partial charge in [-0.05, 0) is 43.4 Å². The lowest BCUT2D eigenvalue weighted by Gasteiger charge is -2.07. The number of fused-ring (bicyclic) bond motifs is 1. The van der Waals surface area contributed by atoms with Gasteiger partial charge in [-0.1, -0.05) is 61.0 Å². The van der Waals surface area contributed by atoms with E-state index in [1.165, 1.54) is 11.1 Å². The highest BCUT2D eigenvalue weighted by molar-refractivity contribution is 5.80. The molecule has 0 saturated heterocycles. The molecule has 0 unspecified atom stereocenters. The van der Waals surface area contributed by atoms with E-state index < -0.39 is 0 Å². The van der Waals surface area contributed by atoms with Gasteiger partial charge in [0.05, 0.1) is 11.0 Å². The fourth-order valence-corrected chi connectivity index (χ4v) is 3.66. The molecule has 1 aromatic heterocycles. The number of unbranched alkanes of at least 4 members (excludes halogenated alkanes) is 2. The minimum Gasteiger partial charge on any atom is -0.356 e. The third-order valence-corrected chi connectivity index (χ3v) is 5.46. The molecule has 150 valence electrons. The average molecular weight is 388 g/mol. The van der Waals surface area contributed by atoms with Gasteiger partial charge in [0.25, 0.3) is 0 Å². The molecule has 1 amide bonds. The predicted molar refractivity (Wildman–Crippen MR) is 118 cm³/mol. The van der Waals surface area contributed by atoms with Crippen LogP contribution in [0.5, 0.6) is 0 Å². The van der Waals surface area contributed by atoms with Gasteiger partial charge in [0.15, 0.2) is 0 Å². The zero-order chi connectivity index (χ0) is 19.9. The Morgan fingerprint density at radius 3 is 2.66 bits per heavy atom. The molecular weight excluding hydrogens is 358 g/mol. The average Bonchev–Trinajstić information content (AvgIpc) is 3.55. The molecular formula is C25H29N3O. The number of benzene rings is 2. The molecule has 29 heavy (non-hydrogen) atoms. The summed E-state index contributed by atoms with van der Waals surface area (Å²) >= 11 is 0. The smallest absolute Gasteiger partial charge is 0.223 e. The number of aromatic nitrogens is 2. The molecule has 4 nitrogen and oxygen atoms in total. The van der Waals surface area contributed by atoms with E-state index >= 15 is 0 Å². The number of hydrogen-bond donors (Lipinski definition) is 1. The van der Waals surface area contributed by atoms with E-state index in [0.29, 0.717) is 5.92 Å². The van der Waals surface area contributed by atoms with Gasteiger partial charge in [-0.3, -0.25) is 4.79 Å². The van der Waals surface area contributed by atoms with Gasteiger partial charge in [0.1, 0.15) is 5.82 Å². The summed E-state index contributed by atoms with van der Waals surface area (Å²) in [7, 11) is 0. The Labute approximate surface area is 172 Å². The second-order valence-corrected chi connectivity index (χ2v) is 7.82. The first-order chi connectivity index (χ1) is 14.3. The van der Waals surface area contributed by atoms with E-state index in [1.54, 1.807) is 0 Å². The summed E-state index contributed by atoms with van der Waals surface area (Å²) in [6.07, 6.45) is 10.7. The Balaban J connectivity index is 1.33. The summed E-state index contributed by atoms with van der Waals surface area (Å²) in [6, 6.07) is 18.8. The molecule has 0 atom stereocenters. The van der Waals surface area contributed by atoms with Gasteiger partial charge < -0.3 is 9.88 Å². The SMILES string of the molecule is O=C(NCCCCCc1nc2ccccc2n1C/C=C/c1ccccc1)C1CC1. The molecule has 0 aliphatic heterocycles. The summed E-state index contributed by atoms with van der Waals surface area (Å²) in [4.78, 5) is 16.6. The van der Waals surface area contributed by atoms with Crippen LogP contribution in [-0.4, -0.2) is 22.0 Å². The Bertz CT molecular complexity index is 970. The molecule has 3 aromatic rings. The number of nitrogens with zero attached hydrogens (tertiary/aromatic N) is 2. The molecule has 0 radical (unpaired) electrons. The number of hydrogen-bond acceptors (Lipinski definition) is 2. The van der Waals surface area contributed by atoms with E-state index in [9.17, 15) is 4.79 Å². The lowest BCUT2D eigenvalue weighted by molar-refractivity contribution is -0.122. The van der Waals surface area contributed by atoms with Crippen LogP contribution in [0.1, 0.15) is 43.5 Å². The number of nitrogens with one attached hydrogen (secondary N) is 1. The van der Waals surface area contributed by atoms with E-state index in [-0.39, 0.29) is 5.91 Å². The number of imidazole rings is 1. The number of allylic oxidation sites excluding steroid dienone is 1. The number of rotatable bonds is 10. The fraction of sp³-hybridized carbons (Fsp3) is 0.360. The van der Waals surface area contributed by atoms with Crippen molar-refractivity contribution < 1.29 is 4.79 Å². The Kier molecular flexibility index (Phi) is 6.40. The maximum Gasteiger partial charge on any atom is 0.223 e. The number of para-hydroxylation sites is 2. The van der Waals surface area contributed by atoms with Gasteiger partial charge in [-0.25, -0.2) is 4.98 Å². The summed E-state index contributed by atoms with van der Waals surface area (Å²) in [6.45, 7) is 1.62. The maximum atomic E-state index is 11.7. The van der Waals surface area contributed by atoms with Crippen molar-refractivity contribution in [3.05, 3.63) is 72.1 Å². The first-order valence-corrected chi connectivity index (χ1v) is 10.7. The van der Waals surface area contributed by atoms with Crippen molar-refractivity contribution in [2.75, 3.05) is 6.54 Å². The van der Waals surface area contributed by atoms with Crippen molar-refractivity contribution in [1.29, 1.82) is 0 Å². The molecule has 1 aliphatic carbocycles. The number of carbonyl (C=O) groups excluding carboxylic acids is 1. The van der Waals surface area contributed by atoms with E-state index in [2.05, 4.69) is 64.5 Å². The zero-order valence-electron chi connectivity index (χ0n) is 16.9. The van der Waals surface area contributed by atoms with Crippen LogP contribution in [0.3, 0.4) is 0 Å². The van der Waals surface area contributed by atoms with Gasteiger partial charge in [-0.15, -0.1) is 0 Å². The minimum atomic E-state index is 0.247. The Morgan fingerprint density at radius 2 is 1.83 bits per heavy atom. The number of aryl methyl sites for hydroxylation is 1. The lowest BCUT2D eigenvalue weighted by Crippen LogP contribution is -2.25. The molecule has 1 N–H and O–H groups in total. The van der Waals surface area contributed by atoms with E-state index in [1.807, 2.05) is 12.1 Å². The van der Waals surface area contributed by atoms with Crippen molar-refractivity contribution in [2.45, 2.75) is 45.1 Å². The third kappa shape index (κ3) is 5.35. The molecule has 1 heterocycles. The molecule has 0 bridgehead atoms. The largest absolute Gasteiger partial charge is 0.356 e. The van der Waals surface area contributed by atoms with Gasteiger partial charge in [0, 0.05) is 25.4 Å². The Hall–Kier alpha value is -2.88. The van der Waals surface area contributed by atoms with Gasteiger partial charge in [-0.2, -0.15) is 0 Å². The van der Waals surface area contributed by atoms with Crippen LogP contribution < -0.4 is 5.32 Å². The quantitative estimate of drug-likeness (QED) is 0.498. The highest BCUT2D eigenvalue weighted by Crippen LogP contribution is 2.28. The standard InChI is InChI=1S/C25H29N3O/c29-25(21-16-17-21)26-18-8-2-5-15-24-27-22-13-6-7-14-23(22)28(24)19-9-12-20-10-3-1-4-11-20/h1,3-4,6-7,9-14,21H,2,5,8,15-19H2,(H,26,29)/b12-9+. The summed E-state index contributed by atoms with van der Waals surface area (Å²) in [5, 5.41) is 3.05. The first kappa shape index (κ1) is 19.4. The topological polar surface area (TPSA) is 46.9 Å². The van der Waals surface area contributed by atoms with Crippen LogP contribution in [-0.2, 0) is 17.8 Å². The monoisotopic (exact) mass is 387 g/mol. The van der Waals surface area contributed by atoms with Crippen LogP contribution in [0.15, 0.2) is 60.7 Å². The molecule has 1 fully saturated rings. The normalized spacial score (nSPS) is 13.9. The van der Waals surface area contributed by atoms with Crippen molar-refractivity contribution in [3.8, 4) is 0 Å². The summed E-state index contributed by atoms with van der Waals surface area (Å²) in [5.41, 5.74) is 3.47. The highest BCUT2D eigenvalue weighted by atomic mass is 16.2. The van der Waals surface area contributed by atoms with Crippen LogP contribution in [0.2, 0.25) is 0 Å². The number of carbonyl (C=O) groups is 1. The van der Waals surface area contributed by atoms with Crippen molar-refractivity contribution in [3.63, 3.8) is 0 Å². The zero-order valence-corrected chi connectivity index (χ0v) is 16.9. The number of amides is 1. The van der Waals surface area contributed by atoms with Gasteiger partial charge >= 0.3 is 0 Å². The third-order valence-electron chi connectivity index (χ3n) is 5.46. The fourth-order valence-electron chi connectivity index (χ4n) is 3.66. The van der Waals surface area contributed by atoms with E-state index in [4.69, 9.17) is 4.98 Å². The van der Waals surface area contributed by atoms with E-state index in [0.717, 1.165) is 63.0 Å². The van der Waals surface area contributed by atoms with Crippen LogP contribution in [0.4, 0.5) is 0 Å². The van der Waals surface area contributed by atoms with Crippen molar-refractivity contribution >= 4 is 23.0 Å². The second-order valence-electron chi connectivity index (χ2n) is 7.82. The molecule has 2 aromatic carbocycles. The molecule has 0 spiro atoms. The molecule has 4 heteroatoms. The van der Waals surface area contributed by atoms with Crippen molar-refractivity contribution in [2.24, 2.45) is 5.92 Å². The second kappa shape index (κ2) is 9.55. The van der Waals surface area contributed by atoms with Crippen LogP contribution in [0.25, 0.3) is 17.1 Å². The predicted octanol–water partition coefficient (Wildman–Crippen LogP) is 4.99. The summed E-state index contributed by atoms with van der Waals surface area (Å²) in [5.74, 6) is 1.70.